The van der Waals surface area contributed by atoms with Crippen molar-refractivity contribution in [3.63, 3.8) is 0 Å². The van der Waals surface area contributed by atoms with Gasteiger partial charge in [-0.3, -0.25) is 4.79 Å². The Labute approximate surface area is 160 Å². The third kappa shape index (κ3) is 3.94. The van der Waals surface area contributed by atoms with E-state index in [1.54, 1.807) is 7.11 Å². The van der Waals surface area contributed by atoms with E-state index in [-0.39, 0.29) is 18.0 Å². The average molecular weight is 372 g/mol. The van der Waals surface area contributed by atoms with Crippen molar-refractivity contribution in [1.29, 1.82) is 0 Å². The quantitative estimate of drug-likeness (QED) is 0.704. The van der Waals surface area contributed by atoms with Crippen LogP contribution in [-0.2, 0) is 11.3 Å². The van der Waals surface area contributed by atoms with E-state index >= 15 is 0 Å². The molecule has 1 fully saturated rings. The van der Waals surface area contributed by atoms with Crippen molar-refractivity contribution in [1.82, 2.24) is 4.90 Å². The summed E-state index contributed by atoms with van der Waals surface area (Å²) in [6.45, 7) is 4.75. The zero-order chi connectivity index (χ0) is 18.7. The van der Waals surface area contributed by atoms with E-state index in [1.165, 1.54) is 6.42 Å². The molecule has 0 saturated carbocycles. The Hall–Kier alpha value is -1.84. The van der Waals surface area contributed by atoms with Crippen LogP contribution in [0.4, 0.5) is 0 Å². The maximum atomic E-state index is 13.1. The number of ether oxygens (including phenoxy) is 1. The van der Waals surface area contributed by atoms with E-state index < -0.39 is 0 Å². The number of halogens is 1. The molecule has 138 valence electrons. The van der Waals surface area contributed by atoms with Crippen molar-refractivity contribution in [3.05, 3.63) is 58.6 Å². The first kappa shape index (κ1) is 18.9. The van der Waals surface area contributed by atoms with Crippen molar-refractivity contribution < 1.29 is 9.53 Å². The lowest BCUT2D eigenvalue weighted by molar-refractivity contribution is 0.0510. The lowest BCUT2D eigenvalue weighted by Crippen LogP contribution is -2.47. The number of piperidine rings is 1. The molecule has 0 unspecified atom stereocenters. The van der Waals surface area contributed by atoms with E-state index in [4.69, 9.17) is 16.3 Å². The molecule has 0 N–H and O–H groups in total. The van der Waals surface area contributed by atoms with Gasteiger partial charge in [0, 0.05) is 29.8 Å². The van der Waals surface area contributed by atoms with Crippen LogP contribution in [0.15, 0.2) is 42.5 Å². The van der Waals surface area contributed by atoms with Crippen molar-refractivity contribution in [2.75, 3.05) is 7.11 Å². The first-order chi connectivity index (χ1) is 12.5. The second kappa shape index (κ2) is 8.24. The Morgan fingerprint density at radius 1 is 1.12 bits per heavy atom. The molecule has 1 aliphatic rings. The second-order valence-electron chi connectivity index (χ2n) is 7.15. The Balaban J connectivity index is 1.95. The summed E-state index contributed by atoms with van der Waals surface area (Å²) in [5, 5.41) is 0.710. The zero-order valence-electron chi connectivity index (χ0n) is 15.7. The van der Waals surface area contributed by atoms with Gasteiger partial charge in [-0.15, -0.1) is 0 Å². The molecular weight excluding hydrogens is 346 g/mol. The van der Waals surface area contributed by atoms with Crippen LogP contribution in [0.2, 0.25) is 5.02 Å². The summed E-state index contributed by atoms with van der Waals surface area (Å²) in [6.07, 6.45) is 3.34. The minimum Gasteiger partial charge on any atom is -0.380 e. The van der Waals surface area contributed by atoms with Gasteiger partial charge in [0.15, 0.2) is 0 Å². The van der Waals surface area contributed by atoms with Crippen LogP contribution in [0.5, 0.6) is 0 Å². The van der Waals surface area contributed by atoms with Gasteiger partial charge in [-0.25, -0.2) is 0 Å². The van der Waals surface area contributed by atoms with Gasteiger partial charge in [-0.2, -0.15) is 0 Å². The molecule has 26 heavy (non-hydrogen) atoms. The number of methoxy groups -OCH3 is 1. The number of benzene rings is 2. The molecule has 2 aromatic rings. The standard InChI is InChI=1S/C22H26ClNO2/c1-15-5-4-6-16(2)24(15)22(25)18-9-12-21(19(13-18)14-26-3)17-7-10-20(23)11-8-17/h7-13,15-16H,4-6,14H2,1-3H3/t15-,16+. The maximum Gasteiger partial charge on any atom is 0.254 e. The van der Waals surface area contributed by atoms with E-state index in [0.29, 0.717) is 11.6 Å². The molecule has 0 aromatic heterocycles. The van der Waals surface area contributed by atoms with Crippen molar-refractivity contribution in [2.24, 2.45) is 0 Å². The van der Waals surface area contributed by atoms with Crippen LogP contribution < -0.4 is 0 Å². The fraction of sp³-hybridized carbons (Fsp3) is 0.409. The summed E-state index contributed by atoms with van der Waals surface area (Å²) in [5.41, 5.74) is 3.88. The van der Waals surface area contributed by atoms with Crippen LogP contribution in [0.25, 0.3) is 11.1 Å². The number of nitrogens with zero attached hydrogens (tertiary/aromatic N) is 1. The Morgan fingerprint density at radius 2 is 1.77 bits per heavy atom. The Kier molecular flexibility index (Phi) is 6.00. The van der Waals surface area contributed by atoms with Gasteiger partial charge in [0.1, 0.15) is 0 Å². The molecule has 0 bridgehead atoms. The number of carbonyl (C=O) groups excluding carboxylic acids is 1. The lowest BCUT2D eigenvalue weighted by Gasteiger charge is -2.39. The van der Waals surface area contributed by atoms with Crippen LogP contribution in [0, 0.1) is 0 Å². The molecule has 3 nitrogen and oxygen atoms in total. The Morgan fingerprint density at radius 3 is 2.38 bits per heavy atom. The first-order valence-electron chi connectivity index (χ1n) is 9.21. The highest BCUT2D eigenvalue weighted by Gasteiger charge is 2.29. The first-order valence-corrected chi connectivity index (χ1v) is 9.59. The maximum absolute atomic E-state index is 13.1. The predicted octanol–water partition coefficient (Wildman–Crippen LogP) is 5.56. The van der Waals surface area contributed by atoms with Crippen molar-refractivity contribution in [3.8, 4) is 11.1 Å². The molecule has 1 saturated heterocycles. The lowest BCUT2D eigenvalue weighted by atomic mass is 9.94. The molecule has 2 atom stereocenters. The number of carbonyl (C=O) groups is 1. The predicted molar refractivity (Wildman–Crippen MR) is 107 cm³/mol. The van der Waals surface area contributed by atoms with Gasteiger partial charge in [0.25, 0.3) is 5.91 Å². The normalized spacial score (nSPS) is 20.2. The van der Waals surface area contributed by atoms with Crippen molar-refractivity contribution in [2.45, 2.75) is 51.8 Å². The van der Waals surface area contributed by atoms with Gasteiger partial charge >= 0.3 is 0 Å². The Bertz CT molecular complexity index is 762. The minimum absolute atomic E-state index is 0.115. The van der Waals surface area contributed by atoms with E-state index in [9.17, 15) is 4.79 Å². The van der Waals surface area contributed by atoms with E-state index in [2.05, 4.69) is 13.8 Å². The smallest absolute Gasteiger partial charge is 0.254 e. The highest BCUT2D eigenvalue weighted by atomic mass is 35.5. The van der Waals surface area contributed by atoms with Crippen LogP contribution in [0.3, 0.4) is 0 Å². The SMILES string of the molecule is COCc1cc(C(=O)N2[C@H](C)CCC[C@@H]2C)ccc1-c1ccc(Cl)cc1. The van der Waals surface area contributed by atoms with E-state index in [0.717, 1.165) is 35.1 Å². The van der Waals surface area contributed by atoms with Crippen LogP contribution in [0.1, 0.15) is 49.0 Å². The molecule has 3 rings (SSSR count). The molecule has 1 amide bonds. The highest BCUT2D eigenvalue weighted by Crippen LogP contribution is 2.29. The summed E-state index contributed by atoms with van der Waals surface area (Å²) in [7, 11) is 1.68. The van der Waals surface area contributed by atoms with Gasteiger partial charge in [0.05, 0.1) is 6.61 Å². The molecular formula is C22H26ClNO2. The average Bonchev–Trinajstić information content (AvgIpc) is 2.62. The summed E-state index contributed by atoms with van der Waals surface area (Å²) >= 11 is 6.01. The largest absolute Gasteiger partial charge is 0.380 e. The fourth-order valence-corrected chi connectivity index (χ4v) is 4.01. The van der Waals surface area contributed by atoms with Crippen molar-refractivity contribution >= 4 is 17.5 Å². The van der Waals surface area contributed by atoms with Gasteiger partial charge in [-0.05, 0) is 74.1 Å². The number of rotatable bonds is 4. The van der Waals surface area contributed by atoms with Gasteiger partial charge in [-0.1, -0.05) is 29.8 Å². The van der Waals surface area contributed by atoms with E-state index in [1.807, 2.05) is 47.4 Å². The number of hydrogen-bond acceptors (Lipinski definition) is 2. The molecule has 1 heterocycles. The van der Waals surface area contributed by atoms with Gasteiger partial charge in [0.2, 0.25) is 0 Å². The molecule has 0 aliphatic carbocycles. The second-order valence-corrected chi connectivity index (χ2v) is 7.59. The number of amides is 1. The molecule has 4 heteroatoms. The molecule has 2 aromatic carbocycles. The highest BCUT2D eigenvalue weighted by molar-refractivity contribution is 6.30. The topological polar surface area (TPSA) is 29.5 Å². The monoisotopic (exact) mass is 371 g/mol. The third-order valence-electron chi connectivity index (χ3n) is 5.24. The molecule has 1 aliphatic heterocycles. The number of hydrogen-bond donors (Lipinski definition) is 0. The summed E-state index contributed by atoms with van der Waals surface area (Å²) < 4.78 is 5.39. The third-order valence-corrected chi connectivity index (χ3v) is 5.49. The molecule has 0 radical (unpaired) electrons. The summed E-state index contributed by atoms with van der Waals surface area (Å²) in [5.74, 6) is 0.115. The fourth-order valence-electron chi connectivity index (χ4n) is 3.88. The minimum atomic E-state index is 0.115. The summed E-state index contributed by atoms with van der Waals surface area (Å²) in [4.78, 5) is 15.2. The number of likely N-dealkylation sites (tertiary alicyclic amines) is 1. The van der Waals surface area contributed by atoms with Crippen LogP contribution in [-0.4, -0.2) is 30.0 Å². The van der Waals surface area contributed by atoms with Gasteiger partial charge < -0.3 is 9.64 Å². The summed E-state index contributed by atoms with van der Waals surface area (Å²) in [6, 6.07) is 14.2. The zero-order valence-corrected chi connectivity index (χ0v) is 16.4. The van der Waals surface area contributed by atoms with Crippen LogP contribution >= 0.6 is 11.6 Å². The molecule has 0 spiro atoms.